The number of halogens is 2. The summed E-state index contributed by atoms with van der Waals surface area (Å²) >= 11 is 0. The van der Waals surface area contributed by atoms with E-state index in [9.17, 15) is 14.0 Å². The lowest BCUT2D eigenvalue weighted by Crippen LogP contribution is -2.50. The maximum absolute atomic E-state index is 15.8. The van der Waals surface area contributed by atoms with Crippen LogP contribution in [-0.4, -0.2) is 79.8 Å². The van der Waals surface area contributed by atoms with Gasteiger partial charge < -0.3 is 24.8 Å². The number of benzene rings is 3. The molecule has 1 aliphatic heterocycles. The molecule has 3 aromatic carbocycles. The van der Waals surface area contributed by atoms with Gasteiger partial charge in [-0.2, -0.15) is 0 Å². The van der Waals surface area contributed by atoms with Crippen LogP contribution in [-0.2, 0) is 14.3 Å². The Labute approximate surface area is 284 Å². The Morgan fingerprint density at radius 2 is 1.65 bits per heavy atom. The minimum Gasteiger partial charge on any atom is -0.493 e. The number of hydrogen-bond donors (Lipinski definition) is 1. The molecule has 1 aliphatic carbocycles. The fraction of sp³-hybridized carbons (Fsp3) is 0.378. The number of piperazine rings is 1. The fourth-order valence-electron chi connectivity index (χ4n) is 6.82. The molecule has 49 heavy (non-hydrogen) atoms. The summed E-state index contributed by atoms with van der Waals surface area (Å²) in [5, 5.41) is 0.620. The molecular formula is C37H41F2N5O5. The molecule has 2 heterocycles. The van der Waals surface area contributed by atoms with Gasteiger partial charge in [0.15, 0.2) is 11.6 Å². The van der Waals surface area contributed by atoms with E-state index < -0.39 is 28.9 Å². The molecular weight excluding hydrogens is 632 g/mol. The smallest absolute Gasteiger partial charge is 0.247 e. The van der Waals surface area contributed by atoms with Crippen LogP contribution in [0.5, 0.6) is 17.2 Å². The van der Waals surface area contributed by atoms with E-state index in [0.717, 1.165) is 32.2 Å². The summed E-state index contributed by atoms with van der Waals surface area (Å²) in [6.45, 7) is 7.82. The summed E-state index contributed by atoms with van der Waals surface area (Å²) in [5.74, 6) is -2.40. The van der Waals surface area contributed by atoms with Gasteiger partial charge in [-0.3, -0.25) is 24.4 Å². The van der Waals surface area contributed by atoms with Crippen LogP contribution < -0.4 is 20.1 Å². The van der Waals surface area contributed by atoms with Crippen LogP contribution in [0, 0.1) is 28.9 Å². The Morgan fingerprint density at radius 1 is 0.959 bits per heavy atom. The molecule has 1 unspecified atom stereocenters. The molecule has 10 nitrogen and oxygen atoms in total. The summed E-state index contributed by atoms with van der Waals surface area (Å²) in [6.07, 6.45) is 2.20. The minimum atomic E-state index is -1.47. The summed E-state index contributed by atoms with van der Waals surface area (Å²) < 4.78 is 47.5. The van der Waals surface area contributed by atoms with E-state index in [1.807, 2.05) is 12.1 Å². The molecule has 1 saturated heterocycles. The van der Waals surface area contributed by atoms with Gasteiger partial charge >= 0.3 is 0 Å². The summed E-state index contributed by atoms with van der Waals surface area (Å²) in [7, 11) is 3.83. The van der Waals surface area contributed by atoms with E-state index in [1.165, 1.54) is 41.3 Å². The lowest BCUT2D eigenvalue weighted by atomic mass is 9.98. The van der Waals surface area contributed by atoms with Gasteiger partial charge in [-0.25, -0.2) is 8.78 Å². The van der Waals surface area contributed by atoms with E-state index >= 15 is 4.39 Å². The number of aromatic nitrogens is 1. The predicted octanol–water partition coefficient (Wildman–Crippen LogP) is 5.72. The van der Waals surface area contributed by atoms with Crippen molar-refractivity contribution in [2.24, 2.45) is 23.0 Å². The number of fused-ring (bicyclic) bond motifs is 1. The van der Waals surface area contributed by atoms with Crippen molar-refractivity contribution >= 4 is 34.1 Å². The summed E-state index contributed by atoms with van der Waals surface area (Å²) in [6, 6.07) is 16.3. The van der Waals surface area contributed by atoms with Crippen molar-refractivity contribution in [2.75, 3.05) is 51.8 Å². The number of methoxy groups -OCH3 is 1. The standard InChI is InChI=1S/C37H41F2N5O5/c1-23-24(2)37(23,35(40)45)36(46)44(26-7-5-25(38)6-8-26)27-9-12-33(30(39)21-27)49-32-13-15-41-31-11-10-28(22-29(31)32)48-20-14-34(47-4)43-18-16-42(3)17-19-43/h5-13,15,21-24,34H,14,16-20H2,1-4H3,(H2,40,45)/t23-,24+,34?,37+. The normalized spacial score (nSPS) is 21.7. The lowest BCUT2D eigenvalue weighted by molar-refractivity contribution is -0.134. The van der Waals surface area contributed by atoms with Crippen molar-refractivity contribution in [3.63, 3.8) is 0 Å². The number of carbonyl (C=O) groups excluding carboxylic acids is 2. The second kappa shape index (κ2) is 14.1. The Bertz CT molecular complexity index is 1820. The number of carbonyl (C=O) groups is 2. The second-order valence-electron chi connectivity index (χ2n) is 12.8. The van der Waals surface area contributed by atoms with Crippen molar-refractivity contribution in [2.45, 2.75) is 26.5 Å². The Morgan fingerprint density at radius 3 is 2.29 bits per heavy atom. The largest absolute Gasteiger partial charge is 0.493 e. The van der Waals surface area contributed by atoms with Gasteiger partial charge in [-0.1, -0.05) is 13.8 Å². The first-order chi connectivity index (χ1) is 23.5. The van der Waals surface area contributed by atoms with E-state index in [0.29, 0.717) is 35.4 Å². The molecule has 0 bridgehead atoms. The zero-order valence-corrected chi connectivity index (χ0v) is 28.1. The first-order valence-electron chi connectivity index (χ1n) is 16.4. The van der Waals surface area contributed by atoms with E-state index in [2.05, 4.69) is 21.8 Å². The molecule has 12 heteroatoms. The molecule has 2 fully saturated rings. The molecule has 0 radical (unpaired) electrons. The van der Waals surface area contributed by atoms with E-state index in [1.54, 1.807) is 39.3 Å². The maximum Gasteiger partial charge on any atom is 0.247 e. The van der Waals surface area contributed by atoms with E-state index in [4.69, 9.17) is 19.9 Å². The lowest BCUT2D eigenvalue weighted by Gasteiger charge is -2.37. The number of anilines is 2. The van der Waals surface area contributed by atoms with Crippen LogP contribution >= 0.6 is 0 Å². The SMILES string of the molecule is COC(CCOc1ccc2nccc(Oc3ccc(N(C(=O)[C@@]4(C(N)=O)[C@H](C)[C@@H]4C)c4ccc(F)cc4)cc3F)c2c1)N1CCN(C)CC1. The molecule has 1 aromatic heterocycles. The van der Waals surface area contributed by atoms with Gasteiger partial charge in [0.1, 0.15) is 29.0 Å². The highest BCUT2D eigenvalue weighted by molar-refractivity contribution is 6.17. The number of nitrogens with zero attached hydrogens (tertiary/aromatic N) is 4. The maximum atomic E-state index is 15.8. The first-order valence-corrected chi connectivity index (χ1v) is 16.4. The van der Waals surface area contributed by atoms with Crippen molar-refractivity contribution in [3.8, 4) is 17.2 Å². The van der Waals surface area contributed by atoms with Gasteiger partial charge in [0.2, 0.25) is 11.8 Å². The molecule has 0 spiro atoms. The topological polar surface area (TPSA) is 110 Å². The molecule has 2 aliphatic rings. The molecule has 6 rings (SSSR count). The van der Waals surface area contributed by atoms with Crippen LogP contribution in [0.4, 0.5) is 20.2 Å². The first kappa shape index (κ1) is 34.2. The molecule has 2 amide bonds. The van der Waals surface area contributed by atoms with Gasteiger partial charge in [0, 0.05) is 63.0 Å². The molecule has 4 atom stereocenters. The Balaban J connectivity index is 1.22. The number of ether oxygens (including phenoxy) is 3. The monoisotopic (exact) mass is 673 g/mol. The number of pyridine rings is 1. The Hall–Kier alpha value is -4.65. The van der Waals surface area contributed by atoms with Crippen LogP contribution in [0.15, 0.2) is 72.9 Å². The third-order valence-electron chi connectivity index (χ3n) is 10.0. The Kier molecular flexibility index (Phi) is 9.82. The average molecular weight is 674 g/mol. The van der Waals surface area contributed by atoms with Crippen molar-refractivity contribution in [3.05, 3.63) is 84.6 Å². The van der Waals surface area contributed by atoms with Crippen LogP contribution in [0.25, 0.3) is 10.9 Å². The van der Waals surface area contributed by atoms with Crippen LogP contribution in [0.2, 0.25) is 0 Å². The molecule has 1 saturated carbocycles. The zero-order valence-electron chi connectivity index (χ0n) is 28.1. The molecule has 258 valence electrons. The number of amides is 2. The van der Waals surface area contributed by atoms with E-state index in [-0.39, 0.29) is 35.2 Å². The van der Waals surface area contributed by atoms with Crippen LogP contribution in [0.1, 0.15) is 20.3 Å². The van der Waals surface area contributed by atoms with Crippen LogP contribution in [0.3, 0.4) is 0 Å². The fourth-order valence-corrected chi connectivity index (χ4v) is 6.82. The predicted molar refractivity (Wildman–Crippen MR) is 182 cm³/mol. The second-order valence-corrected chi connectivity index (χ2v) is 12.8. The highest BCUT2D eigenvalue weighted by Crippen LogP contribution is 2.60. The molecule has 2 N–H and O–H groups in total. The number of primary amides is 1. The van der Waals surface area contributed by atoms with Crippen molar-refractivity contribution in [1.82, 2.24) is 14.8 Å². The number of hydrogen-bond acceptors (Lipinski definition) is 8. The third kappa shape index (κ3) is 6.68. The number of nitrogens with two attached hydrogens (primary N) is 1. The van der Waals surface area contributed by atoms with Gasteiger partial charge in [-0.15, -0.1) is 0 Å². The zero-order chi connectivity index (χ0) is 34.9. The number of likely N-dealkylation sites (N-methyl/N-ethyl adjacent to an activating group) is 1. The van der Waals surface area contributed by atoms with Gasteiger partial charge in [0.25, 0.3) is 0 Å². The van der Waals surface area contributed by atoms with Crippen molar-refractivity contribution < 1.29 is 32.6 Å². The highest BCUT2D eigenvalue weighted by Gasteiger charge is 2.70. The summed E-state index contributed by atoms with van der Waals surface area (Å²) in [4.78, 5) is 36.8. The van der Waals surface area contributed by atoms with Gasteiger partial charge in [-0.05, 0) is 79.5 Å². The quantitative estimate of drug-likeness (QED) is 0.190. The number of rotatable bonds is 12. The summed E-state index contributed by atoms with van der Waals surface area (Å²) in [5.41, 5.74) is 5.31. The highest BCUT2D eigenvalue weighted by atomic mass is 19.1. The van der Waals surface area contributed by atoms with Crippen molar-refractivity contribution in [1.29, 1.82) is 0 Å². The van der Waals surface area contributed by atoms with Gasteiger partial charge in [0.05, 0.1) is 17.8 Å². The average Bonchev–Trinajstić information content (AvgIpc) is 3.66. The minimum absolute atomic E-state index is 0.0488. The third-order valence-corrected chi connectivity index (χ3v) is 10.0. The molecule has 4 aromatic rings.